The summed E-state index contributed by atoms with van der Waals surface area (Å²) < 4.78 is 8.86. The van der Waals surface area contributed by atoms with Crippen molar-refractivity contribution in [3.05, 3.63) is 64.7 Å². The van der Waals surface area contributed by atoms with Gasteiger partial charge in [0.1, 0.15) is 0 Å². The van der Waals surface area contributed by atoms with Crippen LogP contribution in [0.5, 0.6) is 0 Å². The minimum atomic E-state index is -1.20. The molecule has 25 heavy (non-hydrogen) atoms. The number of benzene rings is 1. The van der Waals surface area contributed by atoms with Crippen molar-refractivity contribution in [2.75, 3.05) is 11.9 Å². The van der Waals surface area contributed by atoms with Gasteiger partial charge in [-0.25, -0.2) is 4.79 Å². The number of pyridine rings is 1. The zero-order chi connectivity index (χ0) is 17.8. The van der Waals surface area contributed by atoms with Gasteiger partial charge in [-0.3, -0.25) is 10.1 Å². The van der Waals surface area contributed by atoms with Gasteiger partial charge in [0.2, 0.25) is 0 Å². The average molecular weight is 341 g/mol. The Bertz CT molecular complexity index is 944. The molecule has 7 heteroatoms. The van der Waals surface area contributed by atoms with Crippen LogP contribution in [0.2, 0.25) is 0 Å². The van der Waals surface area contributed by atoms with Crippen LogP contribution in [0.1, 0.15) is 5.56 Å². The number of rotatable bonds is 6. The zero-order valence-electron chi connectivity index (χ0n) is 13.8. The number of fused-ring (bicyclic) bond motifs is 1. The molecule has 2 N–H and O–H groups in total. The lowest BCUT2D eigenvalue weighted by atomic mass is 10.2. The second kappa shape index (κ2) is 7.23. The molecule has 2 aromatic heterocycles. The van der Waals surface area contributed by atoms with Crippen LogP contribution >= 0.6 is 0 Å². The van der Waals surface area contributed by atoms with Crippen molar-refractivity contribution >= 4 is 22.7 Å². The van der Waals surface area contributed by atoms with E-state index in [1.54, 1.807) is 30.1 Å². The van der Waals surface area contributed by atoms with E-state index in [1.807, 2.05) is 30.3 Å². The first-order valence-corrected chi connectivity index (χ1v) is 7.86. The van der Waals surface area contributed by atoms with Gasteiger partial charge in [-0.1, -0.05) is 30.3 Å². The van der Waals surface area contributed by atoms with Crippen molar-refractivity contribution < 1.29 is 14.6 Å². The third-order valence-electron chi connectivity index (χ3n) is 3.94. The number of hydrogen-bond donors (Lipinski definition) is 2. The quantitative estimate of drug-likeness (QED) is 0.675. The zero-order valence-corrected chi connectivity index (χ0v) is 13.8. The van der Waals surface area contributed by atoms with Crippen molar-refractivity contribution in [1.82, 2.24) is 9.13 Å². The number of carbonyl (C=O) groups is 1. The first kappa shape index (κ1) is 16.8. The van der Waals surface area contributed by atoms with Gasteiger partial charge in [0.05, 0.1) is 29.8 Å². The van der Waals surface area contributed by atoms with Crippen molar-refractivity contribution in [3.63, 3.8) is 0 Å². The van der Waals surface area contributed by atoms with E-state index in [-0.39, 0.29) is 11.2 Å². The highest BCUT2D eigenvalue weighted by Crippen LogP contribution is 2.21. The maximum Gasteiger partial charge on any atom is 0.409 e. The maximum atomic E-state index is 12.7. The van der Waals surface area contributed by atoms with E-state index >= 15 is 0 Å². The summed E-state index contributed by atoms with van der Waals surface area (Å²) in [5.41, 5.74) is 1.79. The van der Waals surface area contributed by atoms with Crippen LogP contribution in [0.15, 0.2) is 53.6 Å². The summed E-state index contributed by atoms with van der Waals surface area (Å²) in [7, 11) is 1.77. The molecule has 1 amide bonds. The Morgan fingerprint density at radius 2 is 2.00 bits per heavy atom. The molecule has 0 atom stereocenters. The molecule has 0 spiro atoms. The second-order valence-electron chi connectivity index (χ2n) is 5.70. The molecule has 0 aliphatic carbocycles. The molecule has 0 aliphatic rings. The molecule has 3 rings (SSSR count). The van der Waals surface area contributed by atoms with Crippen LogP contribution in [-0.4, -0.2) is 26.9 Å². The van der Waals surface area contributed by atoms with E-state index in [2.05, 4.69) is 5.32 Å². The Morgan fingerprint density at radius 3 is 2.72 bits per heavy atom. The van der Waals surface area contributed by atoms with Crippen molar-refractivity contribution in [1.29, 1.82) is 0 Å². The molecule has 0 saturated carbocycles. The third-order valence-corrected chi connectivity index (χ3v) is 3.94. The summed E-state index contributed by atoms with van der Waals surface area (Å²) in [5.74, 6) is 0. The minimum Gasteiger partial charge on any atom is -0.465 e. The van der Waals surface area contributed by atoms with Gasteiger partial charge in [-0.15, -0.1) is 0 Å². The standard InChI is InChI=1S/C18H19N3O4/c1-20-11-14(19-18(23)24)16-15(20)7-8-21(17(16)22)9-10-25-12-13-5-3-2-4-6-13/h2-8,11,19H,9-10,12H2,1H3,(H,23,24). The topological polar surface area (TPSA) is 85.5 Å². The van der Waals surface area contributed by atoms with Gasteiger partial charge in [0.25, 0.3) is 5.56 Å². The molecule has 3 aromatic rings. The number of aryl methyl sites for hydroxylation is 1. The first-order valence-electron chi connectivity index (χ1n) is 7.86. The Morgan fingerprint density at radius 1 is 1.24 bits per heavy atom. The van der Waals surface area contributed by atoms with Gasteiger partial charge in [-0.2, -0.15) is 0 Å². The highest BCUT2D eigenvalue weighted by molar-refractivity contribution is 5.98. The highest BCUT2D eigenvalue weighted by Gasteiger charge is 2.13. The molecule has 0 fully saturated rings. The molecule has 0 bridgehead atoms. The van der Waals surface area contributed by atoms with E-state index < -0.39 is 6.09 Å². The number of amides is 1. The summed E-state index contributed by atoms with van der Waals surface area (Å²) in [6.45, 7) is 1.26. The lowest BCUT2D eigenvalue weighted by Crippen LogP contribution is -2.22. The molecule has 1 aromatic carbocycles. The number of aromatic nitrogens is 2. The number of nitrogens with zero attached hydrogens (tertiary/aromatic N) is 2. The molecule has 0 aliphatic heterocycles. The Kier molecular flexibility index (Phi) is 4.85. The summed E-state index contributed by atoms with van der Waals surface area (Å²) in [6.07, 6.45) is 2.09. The Labute approximate surface area is 144 Å². The van der Waals surface area contributed by atoms with Gasteiger partial charge < -0.3 is 19.0 Å². The van der Waals surface area contributed by atoms with Crippen molar-refractivity contribution in [3.8, 4) is 0 Å². The summed E-state index contributed by atoms with van der Waals surface area (Å²) >= 11 is 0. The number of anilines is 1. The van der Waals surface area contributed by atoms with Crippen LogP contribution < -0.4 is 10.9 Å². The molecule has 0 radical (unpaired) electrons. The average Bonchev–Trinajstić information content (AvgIpc) is 2.90. The lowest BCUT2D eigenvalue weighted by molar-refractivity contribution is 0.112. The van der Waals surface area contributed by atoms with Crippen LogP contribution in [-0.2, 0) is 24.9 Å². The summed E-state index contributed by atoms with van der Waals surface area (Å²) in [6, 6.07) is 11.6. The number of ether oxygens (including phenoxy) is 1. The molecular formula is C18H19N3O4. The molecule has 2 heterocycles. The van der Waals surface area contributed by atoms with Gasteiger partial charge in [0.15, 0.2) is 0 Å². The fraction of sp³-hybridized carbons (Fsp3) is 0.222. The number of hydrogen-bond acceptors (Lipinski definition) is 3. The molecule has 0 unspecified atom stereocenters. The third kappa shape index (κ3) is 3.72. The Balaban J connectivity index is 1.74. The Hall–Kier alpha value is -3.06. The van der Waals surface area contributed by atoms with Crippen molar-refractivity contribution in [2.24, 2.45) is 7.05 Å². The van der Waals surface area contributed by atoms with Crippen LogP contribution in [0.3, 0.4) is 0 Å². The van der Waals surface area contributed by atoms with E-state index in [0.29, 0.717) is 30.7 Å². The highest BCUT2D eigenvalue weighted by atomic mass is 16.5. The smallest absolute Gasteiger partial charge is 0.409 e. The van der Waals surface area contributed by atoms with Crippen LogP contribution in [0.25, 0.3) is 10.9 Å². The predicted octanol–water partition coefficient (Wildman–Crippen LogP) is 2.65. The van der Waals surface area contributed by atoms with E-state index in [1.165, 1.54) is 4.57 Å². The monoisotopic (exact) mass is 341 g/mol. The molecule has 7 nitrogen and oxygen atoms in total. The summed E-state index contributed by atoms with van der Waals surface area (Å²) in [4.78, 5) is 23.6. The normalized spacial score (nSPS) is 10.9. The van der Waals surface area contributed by atoms with E-state index in [4.69, 9.17) is 9.84 Å². The molecular weight excluding hydrogens is 322 g/mol. The fourth-order valence-corrected chi connectivity index (χ4v) is 2.75. The van der Waals surface area contributed by atoms with E-state index in [0.717, 1.165) is 5.56 Å². The second-order valence-corrected chi connectivity index (χ2v) is 5.70. The van der Waals surface area contributed by atoms with E-state index in [9.17, 15) is 9.59 Å². The van der Waals surface area contributed by atoms with Gasteiger partial charge in [0, 0.05) is 26.0 Å². The van der Waals surface area contributed by atoms with Crippen LogP contribution in [0, 0.1) is 0 Å². The van der Waals surface area contributed by atoms with Gasteiger partial charge in [-0.05, 0) is 11.6 Å². The SMILES string of the molecule is Cn1cc(NC(=O)O)c2c(=O)n(CCOCc3ccccc3)ccc21. The predicted molar refractivity (Wildman–Crippen MR) is 94.9 cm³/mol. The largest absolute Gasteiger partial charge is 0.465 e. The minimum absolute atomic E-state index is 0.245. The fourth-order valence-electron chi connectivity index (χ4n) is 2.75. The maximum absolute atomic E-state index is 12.7. The molecule has 130 valence electrons. The first-order chi connectivity index (χ1) is 12.1. The van der Waals surface area contributed by atoms with Crippen LogP contribution in [0.4, 0.5) is 10.5 Å². The molecule has 0 saturated heterocycles. The number of carboxylic acid groups (broad SMARTS) is 1. The van der Waals surface area contributed by atoms with Crippen molar-refractivity contribution in [2.45, 2.75) is 13.2 Å². The lowest BCUT2D eigenvalue weighted by Gasteiger charge is -2.08. The summed E-state index contributed by atoms with van der Waals surface area (Å²) in [5, 5.41) is 11.6. The number of nitrogens with one attached hydrogen (secondary N) is 1. The van der Waals surface area contributed by atoms with Gasteiger partial charge >= 0.3 is 6.09 Å².